The molecule has 0 radical (unpaired) electrons. The van der Waals surface area contributed by atoms with Gasteiger partial charge in [-0.3, -0.25) is 10.8 Å². The zero-order valence-electron chi connectivity index (χ0n) is 19.7. The van der Waals surface area contributed by atoms with Gasteiger partial charge in [0.1, 0.15) is 11.0 Å². The Labute approximate surface area is 183 Å². The maximum Gasteiger partial charge on any atom is 0.127 e. The van der Waals surface area contributed by atoms with Crippen molar-refractivity contribution in [1.29, 1.82) is 10.8 Å². The fourth-order valence-electron chi connectivity index (χ4n) is 4.14. The molecule has 2 aromatic heterocycles. The molecule has 0 aliphatic heterocycles. The summed E-state index contributed by atoms with van der Waals surface area (Å²) in [5.41, 5.74) is 5.86. The molecule has 0 spiro atoms. The predicted molar refractivity (Wildman–Crippen MR) is 126 cm³/mol. The molecular formula is C26H42N4. The van der Waals surface area contributed by atoms with Gasteiger partial charge in [0.05, 0.1) is 0 Å². The lowest BCUT2D eigenvalue weighted by Crippen LogP contribution is -2.24. The highest BCUT2D eigenvalue weighted by Crippen LogP contribution is 2.12. The molecule has 2 aromatic rings. The zero-order valence-corrected chi connectivity index (χ0v) is 19.7. The molecule has 0 fully saturated rings. The van der Waals surface area contributed by atoms with Gasteiger partial charge >= 0.3 is 0 Å². The van der Waals surface area contributed by atoms with E-state index in [1.807, 2.05) is 26.0 Å². The highest BCUT2D eigenvalue weighted by molar-refractivity contribution is 5.13. The quantitative estimate of drug-likeness (QED) is 0.376. The lowest BCUT2D eigenvalue weighted by molar-refractivity contribution is 0.508. The summed E-state index contributed by atoms with van der Waals surface area (Å²) in [7, 11) is 0. The van der Waals surface area contributed by atoms with Crippen molar-refractivity contribution < 1.29 is 0 Å². The Morgan fingerprint density at radius 3 is 1.13 bits per heavy atom. The number of nitrogens with zero attached hydrogens (tertiary/aromatic N) is 2. The number of nitrogens with one attached hydrogen (secondary N) is 2. The summed E-state index contributed by atoms with van der Waals surface area (Å²) in [6.45, 7) is 10.2. The second kappa shape index (κ2) is 12.6. The van der Waals surface area contributed by atoms with Crippen molar-refractivity contribution in [3.63, 3.8) is 0 Å². The molecule has 4 heteroatoms. The molecule has 166 valence electrons. The van der Waals surface area contributed by atoms with Crippen LogP contribution >= 0.6 is 0 Å². The van der Waals surface area contributed by atoms with Crippen molar-refractivity contribution in [1.82, 2.24) is 9.13 Å². The number of pyridine rings is 2. The minimum Gasteiger partial charge on any atom is -0.331 e. The molecule has 0 aliphatic rings. The standard InChI is InChI=1S/C26H42N4/c1-21-15-17-23(3)29(25(21)27)19-13-11-9-7-5-6-8-10-12-14-20-30-24(4)18-16-22(2)26(30)28/h15-18,27-28H,5-14,19-20H2,1-4H3. The average molecular weight is 411 g/mol. The monoisotopic (exact) mass is 410 g/mol. The first-order chi connectivity index (χ1) is 14.4. The van der Waals surface area contributed by atoms with E-state index in [2.05, 4.69) is 35.1 Å². The number of rotatable bonds is 13. The van der Waals surface area contributed by atoms with Crippen LogP contribution in [0.3, 0.4) is 0 Å². The van der Waals surface area contributed by atoms with E-state index >= 15 is 0 Å². The molecule has 4 nitrogen and oxygen atoms in total. The summed E-state index contributed by atoms with van der Waals surface area (Å²) < 4.78 is 4.30. The van der Waals surface area contributed by atoms with Gasteiger partial charge in [0, 0.05) is 24.5 Å². The first kappa shape index (κ1) is 24.2. The fraction of sp³-hybridized carbons (Fsp3) is 0.615. The van der Waals surface area contributed by atoms with Crippen molar-refractivity contribution in [3.8, 4) is 0 Å². The largest absolute Gasteiger partial charge is 0.331 e. The van der Waals surface area contributed by atoms with E-state index < -0.39 is 0 Å². The van der Waals surface area contributed by atoms with Crippen molar-refractivity contribution in [2.75, 3.05) is 0 Å². The number of hydrogen-bond donors (Lipinski definition) is 2. The smallest absolute Gasteiger partial charge is 0.127 e. The van der Waals surface area contributed by atoms with Crippen LogP contribution in [0.15, 0.2) is 24.3 Å². The average Bonchev–Trinajstić information content (AvgIpc) is 2.73. The molecule has 0 bridgehead atoms. The van der Waals surface area contributed by atoms with Gasteiger partial charge in [-0.25, -0.2) is 0 Å². The predicted octanol–water partition coefficient (Wildman–Crippen LogP) is 6.08. The van der Waals surface area contributed by atoms with Crippen molar-refractivity contribution in [2.45, 2.75) is 105 Å². The van der Waals surface area contributed by atoms with Gasteiger partial charge < -0.3 is 9.13 Å². The molecule has 2 heterocycles. The molecule has 0 saturated carbocycles. The van der Waals surface area contributed by atoms with E-state index in [9.17, 15) is 0 Å². The third-order valence-corrected chi connectivity index (χ3v) is 6.30. The fourth-order valence-corrected chi connectivity index (χ4v) is 4.14. The number of hydrogen-bond acceptors (Lipinski definition) is 2. The van der Waals surface area contributed by atoms with E-state index in [1.165, 1.54) is 75.6 Å². The Morgan fingerprint density at radius 2 is 0.800 bits per heavy atom. The van der Waals surface area contributed by atoms with Crippen LogP contribution in [0.25, 0.3) is 0 Å². The number of aromatic nitrogens is 2. The van der Waals surface area contributed by atoms with E-state index in [-0.39, 0.29) is 0 Å². The molecule has 0 aliphatic carbocycles. The Balaban J connectivity index is 1.48. The molecule has 0 atom stereocenters. The van der Waals surface area contributed by atoms with Gasteiger partial charge in [-0.2, -0.15) is 0 Å². The molecule has 0 saturated heterocycles. The zero-order chi connectivity index (χ0) is 21.9. The molecule has 2 rings (SSSR count). The van der Waals surface area contributed by atoms with Crippen molar-refractivity contribution in [2.24, 2.45) is 0 Å². The summed E-state index contributed by atoms with van der Waals surface area (Å²) in [4.78, 5) is 0. The molecule has 0 amide bonds. The summed E-state index contributed by atoms with van der Waals surface area (Å²) in [5.74, 6) is 0. The summed E-state index contributed by atoms with van der Waals surface area (Å²) in [6.07, 6.45) is 12.9. The molecule has 2 N–H and O–H groups in total. The van der Waals surface area contributed by atoms with Crippen LogP contribution in [-0.2, 0) is 13.1 Å². The molecule has 0 aromatic carbocycles. The van der Waals surface area contributed by atoms with Gasteiger partial charge in [0.25, 0.3) is 0 Å². The van der Waals surface area contributed by atoms with Crippen molar-refractivity contribution >= 4 is 0 Å². The highest BCUT2D eigenvalue weighted by Gasteiger charge is 2.01. The van der Waals surface area contributed by atoms with Gasteiger partial charge in [0.2, 0.25) is 0 Å². The maximum absolute atomic E-state index is 8.21. The van der Waals surface area contributed by atoms with Crippen LogP contribution < -0.4 is 11.0 Å². The summed E-state index contributed by atoms with van der Waals surface area (Å²) >= 11 is 0. The Hall–Kier alpha value is -2.10. The van der Waals surface area contributed by atoms with Crippen LogP contribution in [-0.4, -0.2) is 9.13 Å². The topological polar surface area (TPSA) is 57.6 Å². The number of unbranched alkanes of at least 4 members (excludes halogenated alkanes) is 9. The molecule has 30 heavy (non-hydrogen) atoms. The Bertz CT molecular complexity index is 829. The minimum absolute atomic E-state index is 0.671. The first-order valence-electron chi connectivity index (χ1n) is 11.8. The van der Waals surface area contributed by atoms with Crippen LogP contribution in [0.5, 0.6) is 0 Å². The minimum atomic E-state index is 0.671. The van der Waals surface area contributed by atoms with E-state index in [0.29, 0.717) is 11.0 Å². The lowest BCUT2D eigenvalue weighted by atomic mass is 10.1. The third kappa shape index (κ3) is 7.30. The third-order valence-electron chi connectivity index (χ3n) is 6.30. The van der Waals surface area contributed by atoms with Gasteiger partial charge in [-0.15, -0.1) is 0 Å². The Morgan fingerprint density at radius 1 is 0.500 bits per heavy atom. The van der Waals surface area contributed by atoms with Crippen molar-refractivity contribution in [3.05, 3.63) is 57.8 Å². The highest BCUT2D eigenvalue weighted by atomic mass is 15.0. The van der Waals surface area contributed by atoms with Crippen LogP contribution in [0.4, 0.5) is 0 Å². The first-order valence-corrected chi connectivity index (χ1v) is 11.8. The van der Waals surface area contributed by atoms with E-state index in [0.717, 1.165) is 24.2 Å². The SMILES string of the molecule is Cc1ccc(C)n(CCCCCCCCCCCCn2c(C)ccc(C)c2=N)c1=N. The second-order valence-electron chi connectivity index (χ2n) is 8.85. The lowest BCUT2D eigenvalue weighted by Gasteiger charge is -2.12. The van der Waals surface area contributed by atoms with Crippen LogP contribution in [0.2, 0.25) is 0 Å². The molecular weight excluding hydrogens is 368 g/mol. The summed E-state index contributed by atoms with van der Waals surface area (Å²) in [6, 6.07) is 8.34. The van der Waals surface area contributed by atoms with Crippen LogP contribution in [0.1, 0.15) is 86.7 Å². The van der Waals surface area contributed by atoms with Crippen LogP contribution in [0, 0.1) is 38.5 Å². The second-order valence-corrected chi connectivity index (χ2v) is 8.85. The van der Waals surface area contributed by atoms with Gasteiger partial charge in [0.15, 0.2) is 0 Å². The normalized spacial score (nSPS) is 11.2. The van der Waals surface area contributed by atoms with E-state index in [1.54, 1.807) is 0 Å². The van der Waals surface area contributed by atoms with Gasteiger partial charge in [-0.1, -0.05) is 63.5 Å². The van der Waals surface area contributed by atoms with Gasteiger partial charge in [-0.05, 0) is 63.8 Å². The summed E-state index contributed by atoms with van der Waals surface area (Å²) in [5, 5.41) is 16.4. The maximum atomic E-state index is 8.21. The van der Waals surface area contributed by atoms with E-state index in [4.69, 9.17) is 10.8 Å². The Kier molecular flexibility index (Phi) is 10.1. The molecule has 0 unspecified atom stereocenters. The number of aryl methyl sites for hydroxylation is 4.